The van der Waals surface area contributed by atoms with Gasteiger partial charge in [-0.25, -0.2) is 19.9 Å². The van der Waals surface area contributed by atoms with Gasteiger partial charge in [0, 0.05) is 30.0 Å². The van der Waals surface area contributed by atoms with Crippen LogP contribution in [0.4, 0.5) is 5.95 Å². The van der Waals surface area contributed by atoms with Gasteiger partial charge in [0.15, 0.2) is 0 Å². The fraction of sp³-hybridized carbons (Fsp3) is 0.214. The lowest BCUT2D eigenvalue weighted by atomic mass is 10.2. The summed E-state index contributed by atoms with van der Waals surface area (Å²) in [5.41, 5.74) is 2.97. The SMILES string of the molecule is Cc1nc(NC(=O)c2cn3cccnc3n2)nc(C)c1C. The van der Waals surface area contributed by atoms with E-state index in [0.717, 1.165) is 17.0 Å². The van der Waals surface area contributed by atoms with Crippen LogP contribution in [-0.2, 0) is 0 Å². The van der Waals surface area contributed by atoms with Crippen LogP contribution in [0.2, 0.25) is 0 Å². The van der Waals surface area contributed by atoms with Crippen LogP contribution in [0.5, 0.6) is 0 Å². The number of rotatable bonds is 2. The summed E-state index contributed by atoms with van der Waals surface area (Å²) in [7, 11) is 0. The molecular weight excluding hydrogens is 268 g/mol. The van der Waals surface area contributed by atoms with Gasteiger partial charge in [-0.2, -0.15) is 0 Å². The van der Waals surface area contributed by atoms with Gasteiger partial charge in [-0.15, -0.1) is 0 Å². The highest BCUT2D eigenvalue weighted by Gasteiger charge is 2.13. The molecule has 0 bridgehead atoms. The maximum Gasteiger partial charge on any atom is 0.278 e. The van der Waals surface area contributed by atoms with E-state index in [-0.39, 0.29) is 17.5 Å². The number of hydrogen-bond donors (Lipinski definition) is 1. The van der Waals surface area contributed by atoms with Gasteiger partial charge in [-0.1, -0.05) is 0 Å². The molecule has 3 aromatic rings. The first-order valence-electron chi connectivity index (χ1n) is 6.47. The standard InChI is InChI=1S/C14H14N6O/c1-8-9(2)16-13(17-10(8)3)19-12(21)11-7-20-6-4-5-15-14(20)18-11/h4-7H,1-3H3,(H,16,17,19,21). The molecular formula is C14H14N6O. The fourth-order valence-electron chi connectivity index (χ4n) is 1.93. The van der Waals surface area contributed by atoms with Crippen LogP contribution in [0.3, 0.4) is 0 Å². The molecule has 7 heteroatoms. The van der Waals surface area contributed by atoms with Crippen LogP contribution < -0.4 is 5.32 Å². The lowest BCUT2D eigenvalue weighted by Crippen LogP contribution is -2.16. The lowest BCUT2D eigenvalue weighted by Gasteiger charge is -2.07. The molecule has 7 nitrogen and oxygen atoms in total. The van der Waals surface area contributed by atoms with Crippen molar-refractivity contribution in [2.24, 2.45) is 0 Å². The number of nitrogens with zero attached hydrogens (tertiary/aromatic N) is 5. The van der Waals surface area contributed by atoms with Crippen molar-refractivity contribution in [1.82, 2.24) is 24.3 Å². The Hall–Kier alpha value is -2.83. The summed E-state index contributed by atoms with van der Waals surface area (Å²) in [4.78, 5) is 28.9. The van der Waals surface area contributed by atoms with Gasteiger partial charge >= 0.3 is 0 Å². The number of carbonyl (C=O) groups is 1. The molecule has 106 valence electrons. The molecule has 3 rings (SSSR count). The van der Waals surface area contributed by atoms with Crippen molar-refractivity contribution in [2.45, 2.75) is 20.8 Å². The fourth-order valence-corrected chi connectivity index (χ4v) is 1.93. The monoisotopic (exact) mass is 282 g/mol. The van der Waals surface area contributed by atoms with E-state index in [2.05, 4.69) is 25.3 Å². The quantitative estimate of drug-likeness (QED) is 0.773. The first-order valence-corrected chi connectivity index (χ1v) is 6.47. The second kappa shape index (κ2) is 4.93. The molecule has 1 N–H and O–H groups in total. The van der Waals surface area contributed by atoms with Gasteiger partial charge in [-0.3, -0.25) is 14.5 Å². The highest BCUT2D eigenvalue weighted by Crippen LogP contribution is 2.12. The van der Waals surface area contributed by atoms with E-state index in [4.69, 9.17) is 0 Å². The number of nitrogens with one attached hydrogen (secondary N) is 1. The maximum absolute atomic E-state index is 12.2. The summed E-state index contributed by atoms with van der Waals surface area (Å²) in [6.45, 7) is 5.72. The third-order valence-corrected chi connectivity index (χ3v) is 3.33. The third kappa shape index (κ3) is 2.45. The van der Waals surface area contributed by atoms with E-state index < -0.39 is 0 Å². The average molecular weight is 282 g/mol. The Morgan fingerprint density at radius 3 is 2.52 bits per heavy atom. The molecule has 0 saturated heterocycles. The minimum atomic E-state index is -0.358. The first-order chi connectivity index (χ1) is 10.0. The lowest BCUT2D eigenvalue weighted by molar-refractivity contribution is 0.102. The molecule has 0 spiro atoms. The zero-order chi connectivity index (χ0) is 15.0. The number of aromatic nitrogens is 5. The third-order valence-electron chi connectivity index (χ3n) is 3.33. The van der Waals surface area contributed by atoms with Crippen molar-refractivity contribution >= 4 is 17.6 Å². The van der Waals surface area contributed by atoms with E-state index in [1.807, 2.05) is 20.8 Å². The van der Waals surface area contributed by atoms with E-state index in [1.54, 1.807) is 29.1 Å². The van der Waals surface area contributed by atoms with Crippen molar-refractivity contribution in [1.29, 1.82) is 0 Å². The van der Waals surface area contributed by atoms with Crippen molar-refractivity contribution in [3.63, 3.8) is 0 Å². The van der Waals surface area contributed by atoms with Gasteiger partial charge in [0.1, 0.15) is 5.69 Å². The minimum Gasteiger partial charge on any atom is -0.290 e. The van der Waals surface area contributed by atoms with Crippen LogP contribution in [0.15, 0.2) is 24.7 Å². The minimum absolute atomic E-state index is 0.271. The Balaban J connectivity index is 1.89. The van der Waals surface area contributed by atoms with E-state index in [0.29, 0.717) is 5.78 Å². The van der Waals surface area contributed by atoms with Crippen LogP contribution in [0.1, 0.15) is 27.4 Å². The molecule has 0 aliphatic rings. The van der Waals surface area contributed by atoms with Crippen LogP contribution in [-0.4, -0.2) is 30.2 Å². The Labute approximate surface area is 121 Å². The number of hydrogen-bond acceptors (Lipinski definition) is 5. The van der Waals surface area contributed by atoms with Crippen molar-refractivity contribution < 1.29 is 4.79 Å². The van der Waals surface area contributed by atoms with Gasteiger partial charge in [-0.05, 0) is 32.4 Å². The molecule has 0 aromatic carbocycles. The first kappa shape index (κ1) is 13.2. The summed E-state index contributed by atoms with van der Waals surface area (Å²) in [6, 6.07) is 1.77. The van der Waals surface area contributed by atoms with Crippen LogP contribution >= 0.6 is 0 Å². The molecule has 21 heavy (non-hydrogen) atoms. The summed E-state index contributed by atoms with van der Waals surface area (Å²) < 4.78 is 1.68. The molecule has 0 atom stereocenters. The molecule has 3 aromatic heterocycles. The Morgan fingerprint density at radius 1 is 1.14 bits per heavy atom. The topological polar surface area (TPSA) is 85.1 Å². The number of carbonyl (C=O) groups excluding carboxylic acids is 1. The Kier molecular flexibility index (Phi) is 3.09. The zero-order valence-electron chi connectivity index (χ0n) is 12.0. The van der Waals surface area contributed by atoms with E-state index in [1.165, 1.54) is 0 Å². The van der Waals surface area contributed by atoms with Gasteiger partial charge in [0.2, 0.25) is 11.7 Å². The van der Waals surface area contributed by atoms with Gasteiger partial charge in [0.25, 0.3) is 5.91 Å². The van der Waals surface area contributed by atoms with Crippen LogP contribution in [0, 0.1) is 20.8 Å². The van der Waals surface area contributed by atoms with E-state index in [9.17, 15) is 4.79 Å². The Bertz CT molecular complexity index is 782. The molecule has 0 fully saturated rings. The van der Waals surface area contributed by atoms with Crippen molar-refractivity contribution in [3.8, 4) is 0 Å². The zero-order valence-corrected chi connectivity index (χ0v) is 12.0. The Morgan fingerprint density at radius 2 is 1.86 bits per heavy atom. The normalized spacial score (nSPS) is 10.8. The highest BCUT2D eigenvalue weighted by atomic mass is 16.2. The molecule has 0 aliphatic heterocycles. The number of aryl methyl sites for hydroxylation is 2. The van der Waals surface area contributed by atoms with Crippen molar-refractivity contribution in [3.05, 3.63) is 47.3 Å². The number of fused-ring (bicyclic) bond motifs is 1. The summed E-state index contributed by atoms with van der Waals surface area (Å²) in [5.74, 6) is 0.397. The van der Waals surface area contributed by atoms with E-state index >= 15 is 0 Å². The van der Waals surface area contributed by atoms with Crippen LogP contribution in [0.25, 0.3) is 5.78 Å². The molecule has 0 saturated carbocycles. The predicted octanol–water partition coefficient (Wildman–Crippen LogP) is 1.70. The molecule has 3 heterocycles. The summed E-state index contributed by atoms with van der Waals surface area (Å²) in [5, 5.41) is 2.66. The number of anilines is 1. The van der Waals surface area contributed by atoms with Crippen molar-refractivity contribution in [2.75, 3.05) is 5.32 Å². The van der Waals surface area contributed by atoms with Gasteiger partial charge < -0.3 is 0 Å². The predicted molar refractivity (Wildman–Crippen MR) is 77.2 cm³/mol. The van der Waals surface area contributed by atoms with Gasteiger partial charge in [0.05, 0.1) is 0 Å². The highest BCUT2D eigenvalue weighted by molar-refractivity contribution is 6.02. The second-order valence-corrected chi connectivity index (χ2v) is 4.75. The molecule has 0 aliphatic carbocycles. The largest absolute Gasteiger partial charge is 0.290 e. The maximum atomic E-state index is 12.2. The average Bonchev–Trinajstić information content (AvgIpc) is 2.88. The smallest absolute Gasteiger partial charge is 0.278 e. The molecule has 0 unspecified atom stereocenters. The summed E-state index contributed by atoms with van der Waals surface area (Å²) in [6.07, 6.45) is 5.02. The summed E-state index contributed by atoms with van der Waals surface area (Å²) >= 11 is 0. The number of imidazole rings is 1. The molecule has 1 amide bonds. The second-order valence-electron chi connectivity index (χ2n) is 4.75. The molecule has 0 radical (unpaired) electrons. The number of amides is 1.